The molecule has 2 heteroatoms. The second-order valence-electron chi connectivity index (χ2n) is 5.07. The Morgan fingerprint density at radius 3 is 2.69 bits per heavy atom. The molecule has 76 valence electrons. The van der Waals surface area contributed by atoms with E-state index in [1.54, 1.807) is 0 Å². The van der Waals surface area contributed by atoms with E-state index in [1.807, 2.05) is 0 Å². The number of quaternary nitrogens is 1. The van der Waals surface area contributed by atoms with Crippen molar-refractivity contribution in [3.63, 3.8) is 0 Å². The van der Waals surface area contributed by atoms with Crippen LogP contribution in [0.3, 0.4) is 0 Å². The van der Waals surface area contributed by atoms with Gasteiger partial charge in [-0.2, -0.15) is 0 Å². The van der Waals surface area contributed by atoms with Crippen molar-refractivity contribution < 1.29 is 9.59 Å². The SMILES string of the molecule is C[N+]12CCCCC1[C@H](CO)CCC2. The Morgan fingerprint density at radius 2 is 1.92 bits per heavy atom. The third-order valence-electron chi connectivity index (χ3n) is 4.24. The molecule has 1 N–H and O–H groups in total. The molecule has 2 saturated heterocycles. The highest BCUT2D eigenvalue weighted by atomic mass is 16.3. The smallest absolute Gasteiger partial charge is 0.0939 e. The zero-order valence-electron chi connectivity index (χ0n) is 8.71. The van der Waals surface area contributed by atoms with Crippen LogP contribution < -0.4 is 0 Å². The molecule has 2 heterocycles. The van der Waals surface area contributed by atoms with Gasteiger partial charge in [-0.1, -0.05) is 0 Å². The van der Waals surface area contributed by atoms with Crippen LogP contribution >= 0.6 is 0 Å². The van der Waals surface area contributed by atoms with Gasteiger partial charge in [0.1, 0.15) is 0 Å². The van der Waals surface area contributed by atoms with Crippen molar-refractivity contribution in [3.05, 3.63) is 0 Å². The minimum absolute atomic E-state index is 0.415. The molecule has 0 aromatic heterocycles. The van der Waals surface area contributed by atoms with Gasteiger partial charge in [0.2, 0.25) is 0 Å². The monoisotopic (exact) mass is 184 g/mol. The summed E-state index contributed by atoms with van der Waals surface area (Å²) < 4.78 is 1.26. The van der Waals surface area contributed by atoms with Gasteiger partial charge >= 0.3 is 0 Å². The van der Waals surface area contributed by atoms with Gasteiger partial charge in [0, 0.05) is 12.3 Å². The summed E-state index contributed by atoms with van der Waals surface area (Å²) in [5.74, 6) is 0.596. The van der Waals surface area contributed by atoms with E-state index >= 15 is 0 Å². The Bertz CT molecular complexity index is 179. The lowest BCUT2D eigenvalue weighted by atomic mass is 9.82. The molecule has 0 radical (unpaired) electrons. The van der Waals surface area contributed by atoms with Crippen molar-refractivity contribution in [3.8, 4) is 0 Å². The van der Waals surface area contributed by atoms with Crippen LogP contribution in [0.5, 0.6) is 0 Å². The average molecular weight is 184 g/mol. The van der Waals surface area contributed by atoms with Crippen molar-refractivity contribution >= 4 is 0 Å². The fourth-order valence-electron chi connectivity index (χ4n) is 3.45. The Kier molecular flexibility index (Phi) is 2.61. The van der Waals surface area contributed by atoms with Gasteiger partial charge < -0.3 is 9.59 Å². The maximum Gasteiger partial charge on any atom is 0.0939 e. The molecule has 0 spiro atoms. The van der Waals surface area contributed by atoms with Crippen molar-refractivity contribution in [1.82, 2.24) is 0 Å². The normalized spacial score (nSPS) is 45.7. The first-order chi connectivity index (χ1) is 6.26. The topological polar surface area (TPSA) is 20.2 Å². The predicted molar refractivity (Wildman–Crippen MR) is 53.4 cm³/mol. The molecule has 0 aromatic rings. The van der Waals surface area contributed by atoms with Gasteiger partial charge in [-0.05, 0) is 25.7 Å². The minimum atomic E-state index is 0.415. The van der Waals surface area contributed by atoms with Crippen LogP contribution in [0, 0.1) is 5.92 Å². The van der Waals surface area contributed by atoms with E-state index in [4.69, 9.17) is 0 Å². The summed E-state index contributed by atoms with van der Waals surface area (Å²) in [6.45, 7) is 3.11. The first-order valence-corrected chi connectivity index (χ1v) is 5.71. The van der Waals surface area contributed by atoms with E-state index in [-0.39, 0.29) is 0 Å². The molecule has 2 fully saturated rings. The molecule has 0 bridgehead atoms. The summed E-state index contributed by atoms with van der Waals surface area (Å²) in [6.07, 6.45) is 6.70. The number of nitrogens with zero attached hydrogens (tertiary/aromatic N) is 1. The summed E-state index contributed by atoms with van der Waals surface area (Å²) in [5, 5.41) is 9.33. The quantitative estimate of drug-likeness (QED) is 0.611. The van der Waals surface area contributed by atoms with E-state index in [0.29, 0.717) is 12.5 Å². The van der Waals surface area contributed by atoms with E-state index in [2.05, 4.69) is 7.05 Å². The zero-order chi connectivity index (χ0) is 9.31. The van der Waals surface area contributed by atoms with Crippen LogP contribution in [0.4, 0.5) is 0 Å². The second-order valence-corrected chi connectivity index (χ2v) is 5.07. The molecular formula is C11H22NO+. The molecule has 0 amide bonds. The maximum absolute atomic E-state index is 9.33. The highest BCUT2D eigenvalue weighted by Crippen LogP contribution is 2.35. The summed E-state index contributed by atoms with van der Waals surface area (Å²) >= 11 is 0. The van der Waals surface area contributed by atoms with Gasteiger partial charge in [0.15, 0.2) is 0 Å². The first kappa shape index (κ1) is 9.47. The standard InChI is InChI=1S/C11H22NO/c1-12-7-3-2-6-11(12)10(9-13)5-4-8-12/h10-11,13H,2-9H2,1H3/q+1/t10-,11?,12?/m0/s1. The average Bonchev–Trinajstić information content (AvgIpc) is 2.15. The molecular weight excluding hydrogens is 162 g/mol. The number of piperidine rings is 2. The van der Waals surface area contributed by atoms with Gasteiger partial charge in [-0.25, -0.2) is 0 Å². The Morgan fingerprint density at radius 1 is 1.15 bits per heavy atom. The van der Waals surface area contributed by atoms with Gasteiger partial charge in [0.05, 0.1) is 32.8 Å². The lowest BCUT2D eigenvalue weighted by Gasteiger charge is -2.50. The van der Waals surface area contributed by atoms with E-state index in [1.165, 1.54) is 49.7 Å². The van der Waals surface area contributed by atoms with E-state index in [0.717, 1.165) is 6.04 Å². The maximum atomic E-state index is 9.33. The number of aliphatic hydroxyl groups excluding tert-OH is 1. The van der Waals surface area contributed by atoms with Crippen LogP contribution in [0.25, 0.3) is 0 Å². The van der Waals surface area contributed by atoms with Crippen LogP contribution in [0.15, 0.2) is 0 Å². The molecule has 0 saturated carbocycles. The fraction of sp³-hybridized carbons (Fsp3) is 1.00. The molecule has 2 aliphatic rings. The molecule has 0 aliphatic carbocycles. The zero-order valence-corrected chi connectivity index (χ0v) is 8.71. The van der Waals surface area contributed by atoms with Gasteiger partial charge in [-0.3, -0.25) is 0 Å². The summed E-state index contributed by atoms with van der Waals surface area (Å²) in [5.41, 5.74) is 0. The number of fused-ring (bicyclic) bond motifs is 1. The Balaban J connectivity index is 2.11. The summed E-state index contributed by atoms with van der Waals surface area (Å²) in [4.78, 5) is 0. The lowest BCUT2D eigenvalue weighted by Crippen LogP contribution is -2.61. The van der Waals surface area contributed by atoms with Crippen molar-refractivity contribution in [1.29, 1.82) is 0 Å². The molecule has 0 aromatic carbocycles. The number of rotatable bonds is 1. The van der Waals surface area contributed by atoms with E-state index < -0.39 is 0 Å². The highest BCUT2D eigenvalue weighted by molar-refractivity contribution is 4.77. The molecule has 3 atom stereocenters. The molecule has 2 rings (SSSR count). The van der Waals surface area contributed by atoms with Gasteiger partial charge in [-0.15, -0.1) is 0 Å². The van der Waals surface area contributed by atoms with Crippen LogP contribution in [0.2, 0.25) is 0 Å². The molecule has 2 aliphatic heterocycles. The third kappa shape index (κ3) is 1.62. The highest BCUT2D eigenvalue weighted by Gasteiger charge is 2.42. The van der Waals surface area contributed by atoms with Crippen molar-refractivity contribution in [2.24, 2.45) is 5.92 Å². The second kappa shape index (κ2) is 3.58. The van der Waals surface area contributed by atoms with Crippen LogP contribution in [0.1, 0.15) is 32.1 Å². The molecule has 2 unspecified atom stereocenters. The lowest BCUT2D eigenvalue weighted by molar-refractivity contribution is -0.947. The van der Waals surface area contributed by atoms with Gasteiger partial charge in [0.25, 0.3) is 0 Å². The van der Waals surface area contributed by atoms with Crippen LogP contribution in [-0.4, -0.2) is 42.4 Å². The third-order valence-corrected chi connectivity index (χ3v) is 4.24. The fourth-order valence-corrected chi connectivity index (χ4v) is 3.45. The first-order valence-electron chi connectivity index (χ1n) is 5.71. The van der Waals surface area contributed by atoms with Crippen LogP contribution in [-0.2, 0) is 0 Å². The van der Waals surface area contributed by atoms with Crippen molar-refractivity contribution in [2.45, 2.75) is 38.1 Å². The van der Waals surface area contributed by atoms with Crippen molar-refractivity contribution in [2.75, 3.05) is 26.7 Å². The predicted octanol–water partition coefficient (Wildman–Crippen LogP) is 1.39. The largest absolute Gasteiger partial charge is 0.396 e. The number of aliphatic hydroxyl groups is 1. The number of hydrogen-bond acceptors (Lipinski definition) is 1. The number of hydrogen-bond donors (Lipinski definition) is 1. The summed E-state index contributed by atoms with van der Waals surface area (Å²) in [6, 6.07) is 0.771. The minimum Gasteiger partial charge on any atom is -0.396 e. The Hall–Kier alpha value is -0.0800. The Labute approximate surface area is 81.1 Å². The summed E-state index contributed by atoms with van der Waals surface area (Å²) in [7, 11) is 2.39. The molecule has 2 nitrogen and oxygen atoms in total. The van der Waals surface area contributed by atoms with E-state index in [9.17, 15) is 5.11 Å². The molecule has 13 heavy (non-hydrogen) atoms.